The molecule has 2 aliphatic heterocycles. The van der Waals surface area contributed by atoms with Gasteiger partial charge in [0.15, 0.2) is 0 Å². The Morgan fingerprint density at radius 3 is 3.00 bits per heavy atom. The first-order chi connectivity index (χ1) is 16.4. The monoisotopic (exact) mass is 468 g/mol. The number of H-pyrrole nitrogens is 1. The number of carbonyl (C=O) groups excluding carboxylic acids is 2. The molecule has 34 heavy (non-hydrogen) atoms. The Bertz CT molecular complexity index is 1020. The average molecular weight is 469 g/mol. The quantitative estimate of drug-likeness (QED) is 0.571. The highest BCUT2D eigenvalue weighted by molar-refractivity contribution is 5.84. The third-order valence-corrected chi connectivity index (χ3v) is 6.97. The summed E-state index contributed by atoms with van der Waals surface area (Å²) in [4.78, 5) is 31.1. The average Bonchev–Trinajstić information content (AvgIpc) is 3.28. The van der Waals surface area contributed by atoms with Crippen molar-refractivity contribution >= 4 is 17.8 Å². The van der Waals surface area contributed by atoms with Gasteiger partial charge in [0.1, 0.15) is 24.1 Å². The summed E-state index contributed by atoms with van der Waals surface area (Å²) in [5, 5.41) is 13.4. The minimum Gasteiger partial charge on any atom is -0.444 e. The predicted octanol–water partition coefficient (Wildman–Crippen LogP) is 2.73. The van der Waals surface area contributed by atoms with E-state index in [-0.39, 0.29) is 29.7 Å². The minimum absolute atomic E-state index is 0.0527. The van der Waals surface area contributed by atoms with Crippen LogP contribution in [-0.2, 0) is 14.3 Å². The van der Waals surface area contributed by atoms with Crippen LogP contribution in [0.5, 0.6) is 0 Å². The molecule has 3 aliphatic rings. The van der Waals surface area contributed by atoms with Crippen LogP contribution in [0.25, 0.3) is 0 Å². The molecule has 0 spiro atoms. The molecule has 1 aliphatic carbocycles. The number of ether oxygens (including phenoxy) is 2. The minimum atomic E-state index is -0.406. The van der Waals surface area contributed by atoms with Gasteiger partial charge in [0, 0.05) is 49.4 Å². The number of alkyl carbamates (subject to hydrolysis) is 1. The van der Waals surface area contributed by atoms with Crippen molar-refractivity contribution in [2.45, 2.75) is 69.2 Å². The fourth-order valence-electron chi connectivity index (χ4n) is 4.62. The molecule has 0 bridgehead atoms. The lowest BCUT2D eigenvalue weighted by Gasteiger charge is -2.21. The smallest absolute Gasteiger partial charge is 0.407 e. The van der Waals surface area contributed by atoms with Crippen molar-refractivity contribution < 1.29 is 19.1 Å². The number of hydrogen-bond acceptors (Lipinski definition) is 7. The molecule has 2 aromatic heterocycles. The molecule has 3 N–H and O–H groups in total. The number of nitrogens with one attached hydrogen (secondary N) is 3. The van der Waals surface area contributed by atoms with E-state index in [0.717, 1.165) is 31.5 Å². The SMILES string of the molecule is C[C@H](Nc1cc([C@H]2C[C@@H](OC(=O)NC3(C)CC3)CO2)[nH]n1)C(=O)N1CC[C@@H](c2cccnc2)C1. The number of aromatic amines is 1. The largest absolute Gasteiger partial charge is 0.444 e. The summed E-state index contributed by atoms with van der Waals surface area (Å²) in [6.07, 6.45) is 6.20. The third-order valence-electron chi connectivity index (χ3n) is 6.97. The fourth-order valence-corrected chi connectivity index (χ4v) is 4.62. The first kappa shape index (κ1) is 22.6. The zero-order valence-electron chi connectivity index (χ0n) is 19.6. The number of nitrogens with zero attached hydrogens (tertiary/aromatic N) is 3. The lowest BCUT2D eigenvalue weighted by molar-refractivity contribution is -0.130. The predicted molar refractivity (Wildman–Crippen MR) is 124 cm³/mol. The van der Waals surface area contributed by atoms with E-state index < -0.39 is 6.04 Å². The summed E-state index contributed by atoms with van der Waals surface area (Å²) in [6, 6.07) is 5.45. The second-order valence-corrected chi connectivity index (χ2v) is 9.90. The zero-order valence-corrected chi connectivity index (χ0v) is 19.6. The van der Waals surface area contributed by atoms with Gasteiger partial charge in [-0.15, -0.1) is 0 Å². The first-order valence-electron chi connectivity index (χ1n) is 12.0. The lowest BCUT2D eigenvalue weighted by Crippen LogP contribution is -2.40. The van der Waals surface area contributed by atoms with Crippen LogP contribution >= 0.6 is 0 Å². The maximum absolute atomic E-state index is 13.0. The Hall–Kier alpha value is -3.14. The van der Waals surface area contributed by atoms with E-state index in [1.807, 2.05) is 37.1 Å². The van der Waals surface area contributed by atoms with E-state index >= 15 is 0 Å². The Kier molecular flexibility index (Phi) is 6.16. The van der Waals surface area contributed by atoms with E-state index in [1.54, 1.807) is 6.20 Å². The highest BCUT2D eigenvalue weighted by atomic mass is 16.6. The van der Waals surface area contributed by atoms with Crippen LogP contribution in [0, 0.1) is 0 Å². The summed E-state index contributed by atoms with van der Waals surface area (Å²) < 4.78 is 11.3. The van der Waals surface area contributed by atoms with Crippen molar-refractivity contribution in [2.24, 2.45) is 0 Å². The molecule has 0 aromatic carbocycles. The molecule has 10 heteroatoms. The van der Waals surface area contributed by atoms with Gasteiger partial charge >= 0.3 is 6.09 Å². The molecule has 5 rings (SSSR count). The second kappa shape index (κ2) is 9.25. The summed E-state index contributed by atoms with van der Waals surface area (Å²) in [7, 11) is 0. The molecule has 0 radical (unpaired) electrons. The second-order valence-electron chi connectivity index (χ2n) is 9.90. The van der Waals surface area contributed by atoms with Gasteiger partial charge in [-0.25, -0.2) is 4.79 Å². The number of aromatic nitrogens is 3. The number of hydrogen-bond donors (Lipinski definition) is 3. The fraction of sp³-hybridized carbons (Fsp3) is 0.583. The van der Waals surface area contributed by atoms with E-state index in [0.29, 0.717) is 31.3 Å². The lowest BCUT2D eigenvalue weighted by atomic mass is 10.0. The number of anilines is 1. The molecule has 2 aromatic rings. The number of pyridine rings is 1. The van der Waals surface area contributed by atoms with Gasteiger partial charge in [0.2, 0.25) is 5.91 Å². The Balaban J connectivity index is 1.10. The van der Waals surface area contributed by atoms with E-state index in [9.17, 15) is 9.59 Å². The molecular weight excluding hydrogens is 436 g/mol. The molecule has 4 heterocycles. The Morgan fingerprint density at radius 2 is 2.24 bits per heavy atom. The maximum Gasteiger partial charge on any atom is 0.407 e. The van der Waals surface area contributed by atoms with Crippen molar-refractivity contribution in [2.75, 3.05) is 25.0 Å². The third kappa shape index (κ3) is 5.16. The number of rotatable bonds is 7. The Labute approximate surface area is 198 Å². The van der Waals surface area contributed by atoms with Gasteiger partial charge in [-0.2, -0.15) is 5.10 Å². The van der Waals surface area contributed by atoms with Crippen LogP contribution in [0.2, 0.25) is 0 Å². The topological polar surface area (TPSA) is 121 Å². The van der Waals surface area contributed by atoms with Crippen LogP contribution in [0.3, 0.4) is 0 Å². The molecule has 182 valence electrons. The van der Waals surface area contributed by atoms with Crippen LogP contribution in [0.15, 0.2) is 30.6 Å². The van der Waals surface area contributed by atoms with Gasteiger partial charge in [0.05, 0.1) is 12.3 Å². The highest BCUT2D eigenvalue weighted by Crippen LogP contribution is 2.35. The van der Waals surface area contributed by atoms with Crippen molar-refractivity contribution in [3.8, 4) is 0 Å². The van der Waals surface area contributed by atoms with E-state index in [4.69, 9.17) is 9.47 Å². The molecule has 10 nitrogen and oxygen atoms in total. The van der Waals surface area contributed by atoms with Crippen molar-refractivity contribution in [1.29, 1.82) is 0 Å². The molecular formula is C24H32N6O4. The van der Waals surface area contributed by atoms with Gasteiger partial charge in [-0.05, 0) is 44.7 Å². The van der Waals surface area contributed by atoms with Crippen molar-refractivity contribution in [1.82, 2.24) is 25.4 Å². The van der Waals surface area contributed by atoms with E-state index in [1.165, 1.54) is 5.56 Å². The van der Waals surface area contributed by atoms with Gasteiger partial charge in [-0.1, -0.05) is 6.07 Å². The summed E-state index contributed by atoms with van der Waals surface area (Å²) in [5.74, 6) is 0.967. The van der Waals surface area contributed by atoms with Crippen molar-refractivity contribution in [3.05, 3.63) is 41.9 Å². The van der Waals surface area contributed by atoms with Gasteiger partial charge in [0.25, 0.3) is 0 Å². The van der Waals surface area contributed by atoms with Crippen LogP contribution in [-0.4, -0.2) is 69.5 Å². The van der Waals surface area contributed by atoms with Crippen LogP contribution in [0.4, 0.5) is 10.6 Å². The Morgan fingerprint density at radius 1 is 1.38 bits per heavy atom. The molecule has 2 saturated heterocycles. The molecule has 0 unspecified atom stereocenters. The normalized spacial score (nSPS) is 26.2. The molecule has 4 atom stereocenters. The van der Waals surface area contributed by atoms with Gasteiger partial charge < -0.3 is 25.0 Å². The first-order valence-corrected chi connectivity index (χ1v) is 12.0. The van der Waals surface area contributed by atoms with Crippen LogP contribution < -0.4 is 10.6 Å². The standard InChI is InChI=1S/C24H32N6O4/c1-15(22(31)30-9-5-17(13-30)16-4-3-8-25-12-16)26-21-11-19(28-29-21)20-10-18(14-33-20)34-23(32)27-24(2)6-7-24/h3-4,8,11-12,15,17-18,20H,5-7,9-10,13-14H2,1-2H3,(H,27,32)(H2,26,28,29)/t15-,17+,18+,20+/m0/s1. The summed E-state index contributed by atoms with van der Waals surface area (Å²) in [6.45, 7) is 5.64. The molecule has 2 amide bonds. The summed E-state index contributed by atoms with van der Waals surface area (Å²) >= 11 is 0. The summed E-state index contributed by atoms with van der Waals surface area (Å²) in [5.41, 5.74) is 1.86. The number of likely N-dealkylation sites (tertiary alicyclic amines) is 1. The van der Waals surface area contributed by atoms with Crippen molar-refractivity contribution in [3.63, 3.8) is 0 Å². The van der Waals surface area contributed by atoms with Crippen LogP contribution in [0.1, 0.15) is 62.8 Å². The number of carbonyl (C=O) groups is 2. The van der Waals surface area contributed by atoms with Gasteiger partial charge in [-0.3, -0.25) is 14.9 Å². The molecule has 1 saturated carbocycles. The van der Waals surface area contributed by atoms with E-state index in [2.05, 4.69) is 31.9 Å². The highest BCUT2D eigenvalue weighted by Gasteiger charge is 2.40. The maximum atomic E-state index is 13.0. The molecule has 3 fully saturated rings. The number of amides is 2. The zero-order chi connectivity index (χ0) is 23.7.